The number of fused-ring (bicyclic) bond motifs is 1. The Hall–Kier alpha value is -2.35. The molecule has 7 nitrogen and oxygen atoms in total. The molecule has 8 heteroatoms. The number of benzene rings is 1. The maximum atomic E-state index is 12.7. The zero-order chi connectivity index (χ0) is 18.3. The van der Waals surface area contributed by atoms with Crippen molar-refractivity contribution in [2.24, 2.45) is 0 Å². The van der Waals surface area contributed by atoms with Gasteiger partial charge in [0.25, 0.3) is 10.0 Å². The highest BCUT2D eigenvalue weighted by atomic mass is 32.2. The fourth-order valence-electron chi connectivity index (χ4n) is 3.33. The molecule has 0 spiro atoms. The second-order valence-electron chi connectivity index (χ2n) is 6.98. The van der Waals surface area contributed by atoms with Crippen molar-refractivity contribution in [3.8, 4) is 0 Å². The number of carbonyl (C=O) groups excluding carboxylic acids is 1. The maximum Gasteiger partial charge on any atom is 0.262 e. The van der Waals surface area contributed by atoms with Crippen molar-refractivity contribution in [2.45, 2.75) is 43.5 Å². The highest BCUT2D eigenvalue weighted by molar-refractivity contribution is 7.92. The van der Waals surface area contributed by atoms with Crippen LogP contribution in [-0.4, -0.2) is 42.1 Å². The highest BCUT2D eigenvalue weighted by Gasteiger charge is 2.25. The van der Waals surface area contributed by atoms with Gasteiger partial charge < -0.3 is 4.90 Å². The van der Waals surface area contributed by atoms with Crippen LogP contribution in [0.3, 0.4) is 0 Å². The molecule has 0 unspecified atom stereocenters. The first-order valence-electron chi connectivity index (χ1n) is 8.87. The molecule has 138 valence electrons. The summed E-state index contributed by atoms with van der Waals surface area (Å²) in [5, 5.41) is 4.22. The summed E-state index contributed by atoms with van der Waals surface area (Å²) in [6.07, 6.45) is 6.88. The molecule has 2 aliphatic rings. The second-order valence-corrected chi connectivity index (χ2v) is 8.66. The van der Waals surface area contributed by atoms with Crippen LogP contribution in [0.5, 0.6) is 0 Å². The smallest absolute Gasteiger partial charge is 0.262 e. The van der Waals surface area contributed by atoms with E-state index in [4.69, 9.17) is 0 Å². The number of nitrogens with one attached hydrogen (secondary N) is 1. The Balaban J connectivity index is 1.54. The lowest BCUT2D eigenvalue weighted by Crippen LogP contribution is -2.30. The molecule has 1 aliphatic heterocycles. The summed E-state index contributed by atoms with van der Waals surface area (Å²) in [7, 11) is -3.66. The largest absolute Gasteiger partial charge is 0.342 e. The van der Waals surface area contributed by atoms with Crippen LogP contribution in [0.1, 0.15) is 36.9 Å². The van der Waals surface area contributed by atoms with Crippen LogP contribution in [0.2, 0.25) is 0 Å². The zero-order valence-corrected chi connectivity index (χ0v) is 15.5. The molecule has 1 aromatic heterocycles. The van der Waals surface area contributed by atoms with Gasteiger partial charge in [-0.25, -0.2) is 8.42 Å². The lowest BCUT2D eigenvalue weighted by atomic mass is 10.0. The molecule has 1 fully saturated rings. The van der Waals surface area contributed by atoms with Crippen LogP contribution in [0.15, 0.2) is 35.5 Å². The number of aromatic nitrogens is 2. The Morgan fingerprint density at radius 3 is 2.62 bits per heavy atom. The Bertz CT molecular complexity index is 947. The summed E-state index contributed by atoms with van der Waals surface area (Å²) in [6, 6.07) is 5.63. The maximum absolute atomic E-state index is 12.7. The van der Waals surface area contributed by atoms with Gasteiger partial charge in [0.2, 0.25) is 5.91 Å². The number of carbonyl (C=O) groups is 1. The van der Waals surface area contributed by atoms with E-state index in [-0.39, 0.29) is 10.8 Å². The molecule has 1 aliphatic carbocycles. The van der Waals surface area contributed by atoms with E-state index in [1.165, 1.54) is 0 Å². The quantitative estimate of drug-likeness (QED) is 0.887. The third kappa shape index (κ3) is 3.46. The van der Waals surface area contributed by atoms with Crippen molar-refractivity contribution in [3.63, 3.8) is 0 Å². The average molecular weight is 374 g/mol. The first-order chi connectivity index (χ1) is 12.4. The predicted octanol–water partition coefficient (Wildman–Crippen LogP) is 1.97. The number of hydrogen-bond acceptors (Lipinski definition) is 4. The average Bonchev–Trinajstić information content (AvgIpc) is 3.38. The Morgan fingerprint density at radius 1 is 1.19 bits per heavy atom. The van der Waals surface area contributed by atoms with E-state index in [2.05, 4.69) is 9.82 Å². The molecule has 0 bridgehead atoms. The molecule has 2 aromatic rings. The lowest BCUT2D eigenvalue weighted by Gasteiger charge is -2.17. The summed E-state index contributed by atoms with van der Waals surface area (Å²) >= 11 is 0. The molecule has 1 amide bonds. The van der Waals surface area contributed by atoms with E-state index in [9.17, 15) is 13.2 Å². The zero-order valence-electron chi connectivity index (χ0n) is 14.7. The van der Waals surface area contributed by atoms with E-state index in [1.807, 2.05) is 10.7 Å². The molecular weight excluding hydrogens is 352 g/mol. The summed E-state index contributed by atoms with van der Waals surface area (Å²) in [5.74, 6) is 0.0555. The normalized spacial score (nSPS) is 17.5. The molecule has 4 rings (SSSR count). The Labute approximate surface area is 153 Å². The second kappa shape index (κ2) is 6.42. The van der Waals surface area contributed by atoms with Gasteiger partial charge in [-0.1, -0.05) is 6.07 Å². The van der Waals surface area contributed by atoms with Gasteiger partial charge in [-0.3, -0.25) is 14.2 Å². The number of nitrogens with zero attached hydrogens (tertiary/aromatic N) is 3. The van der Waals surface area contributed by atoms with Crippen LogP contribution in [0, 0.1) is 0 Å². The van der Waals surface area contributed by atoms with Gasteiger partial charge in [-0.05, 0) is 48.9 Å². The van der Waals surface area contributed by atoms with Crippen molar-refractivity contribution < 1.29 is 13.2 Å². The topological polar surface area (TPSA) is 84.3 Å². The van der Waals surface area contributed by atoms with Crippen LogP contribution in [0.25, 0.3) is 0 Å². The lowest BCUT2D eigenvalue weighted by molar-refractivity contribution is -0.128. The number of anilines is 1. The van der Waals surface area contributed by atoms with E-state index in [1.54, 1.807) is 36.4 Å². The Morgan fingerprint density at radius 2 is 1.92 bits per heavy atom. The molecule has 1 N–H and O–H groups in total. The van der Waals surface area contributed by atoms with Gasteiger partial charge >= 0.3 is 0 Å². The van der Waals surface area contributed by atoms with E-state index in [0.29, 0.717) is 31.2 Å². The van der Waals surface area contributed by atoms with Crippen molar-refractivity contribution in [3.05, 3.63) is 41.7 Å². The number of sulfonamides is 1. The third-order valence-corrected chi connectivity index (χ3v) is 6.39. The standard InChI is InChI=1S/C18H22N4O3S/c1-13(23)21-8-6-14-2-5-18(10-15(14)7-9-21)26(24,25)20-16-11-19-22(12-16)17-3-4-17/h2,5,10-12,17,20H,3-4,6-9H2,1H3. The highest BCUT2D eigenvalue weighted by Crippen LogP contribution is 2.34. The minimum Gasteiger partial charge on any atom is -0.342 e. The van der Waals surface area contributed by atoms with Crippen molar-refractivity contribution in [1.29, 1.82) is 0 Å². The Kier molecular flexibility index (Phi) is 4.22. The summed E-state index contributed by atoms with van der Waals surface area (Å²) in [4.78, 5) is 13.6. The van der Waals surface area contributed by atoms with Gasteiger partial charge in [0.1, 0.15) is 0 Å². The van der Waals surface area contributed by atoms with Crippen LogP contribution in [-0.2, 0) is 27.7 Å². The van der Waals surface area contributed by atoms with E-state index < -0.39 is 10.0 Å². The fourth-order valence-corrected chi connectivity index (χ4v) is 4.41. The van der Waals surface area contributed by atoms with Gasteiger partial charge in [0.05, 0.1) is 22.8 Å². The van der Waals surface area contributed by atoms with Gasteiger partial charge in [-0.15, -0.1) is 0 Å². The molecular formula is C18H22N4O3S. The van der Waals surface area contributed by atoms with E-state index in [0.717, 1.165) is 30.4 Å². The molecule has 0 radical (unpaired) electrons. The first kappa shape index (κ1) is 17.1. The van der Waals surface area contributed by atoms with Crippen molar-refractivity contribution in [1.82, 2.24) is 14.7 Å². The molecule has 1 saturated carbocycles. The van der Waals surface area contributed by atoms with Crippen LogP contribution >= 0.6 is 0 Å². The van der Waals surface area contributed by atoms with Gasteiger partial charge in [0, 0.05) is 26.2 Å². The third-order valence-electron chi connectivity index (χ3n) is 5.01. The summed E-state index contributed by atoms with van der Waals surface area (Å²) in [5.41, 5.74) is 2.58. The number of rotatable bonds is 4. The first-order valence-corrected chi connectivity index (χ1v) is 10.3. The number of amides is 1. The molecule has 2 heterocycles. The molecule has 0 atom stereocenters. The number of hydrogen-bond donors (Lipinski definition) is 1. The van der Waals surface area contributed by atoms with Crippen molar-refractivity contribution in [2.75, 3.05) is 17.8 Å². The summed E-state index contributed by atoms with van der Waals surface area (Å²) < 4.78 is 29.9. The van der Waals surface area contributed by atoms with E-state index >= 15 is 0 Å². The SMILES string of the molecule is CC(=O)N1CCc2ccc(S(=O)(=O)Nc3cnn(C4CC4)c3)cc2CC1. The molecule has 1 aromatic carbocycles. The van der Waals surface area contributed by atoms with Gasteiger partial charge in [0.15, 0.2) is 0 Å². The predicted molar refractivity (Wildman–Crippen MR) is 97.4 cm³/mol. The molecule has 0 saturated heterocycles. The van der Waals surface area contributed by atoms with Gasteiger partial charge in [-0.2, -0.15) is 5.10 Å². The molecule has 26 heavy (non-hydrogen) atoms. The summed E-state index contributed by atoms with van der Waals surface area (Å²) in [6.45, 7) is 2.86. The van der Waals surface area contributed by atoms with Crippen LogP contribution < -0.4 is 4.72 Å². The minimum atomic E-state index is -3.66. The van der Waals surface area contributed by atoms with Crippen LogP contribution in [0.4, 0.5) is 5.69 Å². The monoisotopic (exact) mass is 374 g/mol. The fraction of sp³-hybridized carbons (Fsp3) is 0.444. The minimum absolute atomic E-state index is 0.0555. The van der Waals surface area contributed by atoms with Crippen molar-refractivity contribution >= 4 is 21.6 Å².